The van der Waals surface area contributed by atoms with Gasteiger partial charge in [0.1, 0.15) is 11.0 Å². The molecule has 0 fully saturated rings. The van der Waals surface area contributed by atoms with Crippen molar-refractivity contribution in [1.82, 2.24) is 3.97 Å². The summed E-state index contributed by atoms with van der Waals surface area (Å²) in [6.45, 7) is 5.73. The van der Waals surface area contributed by atoms with Crippen molar-refractivity contribution in [2.45, 2.75) is 43.4 Å². The summed E-state index contributed by atoms with van der Waals surface area (Å²) in [6.07, 6.45) is -6.26. The molecule has 0 aliphatic carbocycles. The molecule has 0 bridgehead atoms. The SMILES string of the molecule is CC(C)(C)c1cccc(S(=O)(=O)n2c(C(O)c3ccc(C(=O)O)s3)cc3cc(C(F)(F)F)ccc32)c1. The number of hydrogen-bond donors (Lipinski definition) is 2. The molecule has 2 heterocycles. The lowest BCUT2D eigenvalue weighted by molar-refractivity contribution is -0.137. The molecule has 4 aromatic rings. The van der Waals surface area contributed by atoms with Crippen LogP contribution in [0.1, 0.15) is 58.2 Å². The third-order valence-corrected chi connectivity index (χ3v) is 8.60. The average Bonchev–Trinajstić information content (AvgIpc) is 3.43. The number of carboxylic acids is 1. The molecular formula is C25H22F3NO5S2. The first kappa shape index (κ1) is 25.9. The summed E-state index contributed by atoms with van der Waals surface area (Å²) in [7, 11) is -4.38. The molecule has 0 aliphatic heterocycles. The van der Waals surface area contributed by atoms with Gasteiger partial charge >= 0.3 is 12.1 Å². The zero-order valence-corrected chi connectivity index (χ0v) is 21.0. The molecule has 0 saturated carbocycles. The molecular weight excluding hydrogens is 515 g/mol. The van der Waals surface area contributed by atoms with Crippen molar-refractivity contribution in [3.8, 4) is 0 Å². The number of thiophene rings is 1. The molecule has 4 rings (SSSR count). The second-order valence-corrected chi connectivity index (χ2v) is 12.2. The van der Waals surface area contributed by atoms with E-state index in [0.29, 0.717) is 0 Å². The zero-order valence-electron chi connectivity index (χ0n) is 19.4. The third-order valence-electron chi connectivity index (χ3n) is 5.74. The lowest BCUT2D eigenvalue weighted by Crippen LogP contribution is -2.19. The Labute approximate surface area is 209 Å². The van der Waals surface area contributed by atoms with Crippen LogP contribution in [0.5, 0.6) is 0 Å². The van der Waals surface area contributed by atoms with E-state index in [1.54, 1.807) is 12.1 Å². The second kappa shape index (κ2) is 8.75. The number of hydrogen-bond acceptors (Lipinski definition) is 5. The topological polar surface area (TPSA) is 96.6 Å². The highest BCUT2D eigenvalue weighted by molar-refractivity contribution is 7.90. The minimum atomic E-state index is -4.65. The Morgan fingerprint density at radius 1 is 0.972 bits per heavy atom. The maximum atomic E-state index is 13.9. The highest BCUT2D eigenvalue weighted by atomic mass is 32.2. The summed E-state index contributed by atoms with van der Waals surface area (Å²) < 4.78 is 68.6. The van der Waals surface area contributed by atoms with Gasteiger partial charge in [0, 0.05) is 10.3 Å². The normalized spacial score (nSPS) is 13.8. The summed E-state index contributed by atoms with van der Waals surface area (Å²) in [5, 5.41) is 20.3. The number of alkyl halides is 3. The fraction of sp³-hybridized carbons (Fsp3) is 0.240. The van der Waals surface area contributed by atoms with Crippen LogP contribution in [0.2, 0.25) is 0 Å². The summed E-state index contributed by atoms with van der Waals surface area (Å²) in [5.41, 5.74) is -0.869. The van der Waals surface area contributed by atoms with Crippen molar-refractivity contribution in [1.29, 1.82) is 0 Å². The quantitative estimate of drug-likeness (QED) is 0.324. The largest absolute Gasteiger partial charge is 0.477 e. The van der Waals surface area contributed by atoms with Crippen molar-refractivity contribution in [3.63, 3.8) is 0 Å². The molecule has 2 aromatic heterocycles. The van der Waals surface area contributed by atoms with Gasteiger partial charge in [-0.25, -0.2) is 17.2 Å². The molecule has 6 nitrogen and oxygen atoms in total. The zero-order chi connectivity index (χ0) is 26.6. The van der Waals surface area contributed by atoms with Gasteiger partial charge in [-0.05, 0) is 59.5 Å². The molecule has 0 spiro atoms. The Bertz CT molecular complexity index is 1580. The number of nitrogens with zero attached hydrogens (tertiary/aromatic N) is 1. The summed E-state index contributed by atoms with van der Waals surface area (Å²) in [4.78, 5) is 11.2. The van der Waals surface area contributed by atoms with Crippen LogP contribution in [-0.2, 0) is 21.6 Å². The van der Waals surface area contributed by atoms with Gasteiger partial charge in [0.25, 0.3) is 10.0 Å². The molecule has 2 aromatic carbocycles. The predicted octanol–water partition coefficient (Wildman–Crippen LogP) is 6.04. The number of halogens is 3. The molecule has 36 heavy (non-hydrogen) atoms. The molecule has 2 N–H and O–H groups in total. The number of aliphatic hydroxyl groups is 1. The Morgan fingerprint density at radius 2 is 1.67 bits per heavy atom. The molecule has 0 amide bonds. The maximum absolute atomic E-state index is 13.9. The number of rotatable bonds is 5. The molecule has 1 unspecified atom stereocenters. The lowest BCUT2D eigenvalue weighted by Gasteiger charge is -2.21. The van der Waals surface area contributed by atoms with E-state index >= 15 is 0 Å². The predicted molar refractivity (Wildman–Crippen MR) is 130 cm³/mol. The van der Waals surface area contributed by atoms with Gasteiger partial charge < -0.3 is 10.2 Å². The van der Waals surface area contributed by atoms with E-state index in [1.165, 1.54) is 30.3 Å². The average molecular weight is 538 g/mol. The van der Waals surface area contributed by atoms with Gasteiger partial charge in [-0.3, -0.25) is 0 Å². The number of carboxylic acid groups (broad SMARTS) is 1. The molecule has 11 heteroatoms. The van der Waals surface area contributed by atoms with Crippen molar-refractivity contribution in [2.24, 2.45) is 0 Å². The number of fused-ring (bicyclic) bond motifs is 1. The summed E-state index contributed by atoms with van der Waals surface area (Å²) in [5.74, 6) is -1.22. The molecule has 0 radical (unpaired) electrons. The van der Waals surface area contributed by atoms with Crippen molar-refractivity contribution >= 4 is 38.2 Å². The van der Waals surface area contributed by atoms with E-state index in [0.717, 1.165) is 39.1 Å². The number of benzene rings is 2. The van der Waals surface area contributed by atoms with Gasteiger partial charge in [0.05, 0.1) is 21.7 Å². The third kappa shape index (κ3) is 4.65. The Hall–Kier alpha value is -3.15. The minimum absolute atomic E-state index is 0.0376. The monoisotopic (exact) mass is 537 g/mol. The van der Waals surface area contributed by atoms with Crippen LogP contribution in [-0.4, -0.2) is 28.6 Å². The Balaban J connectivity index is 1.98. The number of carbonyl (C=O) groups is 1. The van der Waals surface area contributed by atoms with Gasteiger partial charge in [-0.15, -0.1) is 11.3 Å². The van der Waals surface area contributed by atoms with Crippen LogP contribution < -0.4 is 0 Å². The highest BCUT2D eigenvalue weighted by Crippen LogP contribution is 2.38. The van der Waals surface area contributed by atoms with Gasteiger partial charge in [-0.2, -0.15) is 13.2 Å². The molecule has 0 saturated heterocycles. The Morgan fingerprint density at radius 3 is 2.25 bits per heavy atom. The number of aromatic carboxylic acids is 1. The van der Waals surface area contributed by atoms with Crippen LogP contribution in [0.4, 0.5) is 13.2 Å². The highest BCUT2D eigenvalue weighted by Gasteiger charge is 2.33. The van der Waals surface area contributed by atoms with E-state index in [-0.39, 0.29) is 36.7 Å². The first-order chi connectivity index (χ1) is 16.6. The van der Waals surface area contributed by atoms with Gasteiger partial charge in [0.15, 0.2) is 0 Å². The molecule has 1 atom stereocenters. The lowest BCUT2D eigenvalue weighted by atomic mass is 9.87. The van der Waals surface area contributed by atoms with E-state index in [4.69, 9.17) is 0 Å². The summed E-state index contributed by atoms with van der Waals surface area (Å²) in [6, 6.07) is 12.7. The smallest absolute Gasteiger partial charge is 0.416 e. The number of aromatic nitrogens is 1. The Kier molecular flexibility index (Phi) is 6.30. The van der Waals surface area contributed by atoms with Crippen molar-refractivity contribution in [2.75, 3.05) is 0 Å². The fourth-order valence-corrected chi connectivity index (χ4v) is 6.27. The van der Waals surface area contributed by atoms with Gasteiger partial charge in [-0.1, -0.05) is 32.9 Å². The van der Waals surface area contributed by atoms with E-state index in [1.807, 2.05) is 20.8 Å². The standard InChI is InChI=1S/C25H22F3NO5S2/c1-24(2,3)15-5-4-6-17(13-15)36(33,34)29-18-8-7-16(25(26,27)28)11-14(18)12-19(29)22(30)20-9-10-21(35-20)23(31)32/h4-13,22,30H,1-3H3,(H,31,32). The number of aliphatic hydroxyl groups excluding tert-OH is 1. The van der Waals surface area contributed by atoms with E-state index < -0.39 is 33.8 Å². The van der Waals surface area contributed by atoms with E-state index in [2.05, 4.69) is 0 Å². The van der Waals surface area contributed by atoms with Crippen LogP contribution in [0.15, 0.2) is 65.6 Å². The molecule has 0 aliphatic rings. The van der Waals surface area contributed by atoms with Crippen molar-refractivity contribution < 1.29 is 36.6 Å². The summed E-state index contributed by atoms with van der Waals surface area (Å²) >= 11 is 0.745. The fourth-order valence-electron chi connectivity index (χ4n) is 3.84. The second-order valence-electron chi connectivity index (χ2n) is 9.30. The molecule has 190 valence electrons. The van der Waals surface area contributed by atoms with Crippen LogP contribution in [0, 0.1) is 0 Å². The van der Waals surface area contributed by atoms with Crippen LogP contribution >= 0.6 is 11.3 Å². The van der Waals surface area contributed by atoms with Crippen LogP contribution in [0.3, 0.4) is 0 Å². The van der Waals surface area contributed by atoms with Crippen molar-refractivity contribution in [3.05, 3.63) is 87.2 Å². The minimum Gasteiger partial charge on any atom is -0.477 e. The van der Waals surface area contributed by atoms with E-state index in [9.17, 15) is 36.6 Å². The van der Waals surface area contributed by atoms with Crippen LogP contribution in [0.25, 0.3) is 10.9 Å². The maximum Gasteiger partial charge on any atom is 0.416 e. The van der Waals surface area contributed by atoms with Gasteiger partial charge in [0.2, 0.25) is 0 Å². The first-order valence-electron chi connectivity index (χ1n) is 10.7. The first-order valence-corrected chi connectivity index (χ1v) is 13.0.